The van der Waals surface area contributed by atoms with E-state index in [1.807, 2.05) is 0 Å². The van der Waals surface area contributed by atoms with Crippen LogP contribution in [0.3, 0.4) is 0 Å². The largest absolute Gasteiger partial charge is 0.462 e. The van der Waals surface area contributed by atoms with Crippen molar-refractivity contribution in [1.29, 1.82) is 0 Å². The highest BCUT2D eigenvalue weighted by atomic mass is 32.2. The molecule has 0 atom stereocenters. The molecule has 0 unspecified atom stereocenters. The first-order chi connectivity index (χ1) is 11.9. The van der Waals surface area contributed by atoms with Gasteiger partial charge in [0, 0.05) is 16.8 Å². The molecule has 0 amide bonds. The molecule has 0 radical (unpaired) electrons. The molecule has 1 aliphatic rings. The Bertz CT molecular complexity index is 883. The van der Waals surface area contributed by atoms with E-state index in [-0.39, 0.29) is 10.9 Å². The fourth-order valence-electron chi connectivity index (χ4n) is 3.24. The van der Waals surface area contributed by atoms with E-state index >= 15 is 0 Å². The van der Waals surface area contributed by atoms with E-state index in [2.05, 4.69) is 4.72 Å². The zero-order valence-corrected chi connectivity index (χ0v) is 15.7. The molecule has 6 nitrogen and oxygen atoms in total. The number of sulfonamides is 1. The number of esters is 1. The molecule has 25 heavy (non-hydrogen) atoms. The first-order valence-electron chi connectivity index (χ1n) is 8.34. The molecule has 2 aromatic rings. The molecule has 1 heterocycles. The average Bonchev–Trinajstić information content (AvgIpc) is 3.21. The van der Waals surface area contributed by atoms with Crippen LogP contribution in [0.1, 0.15) is 42.3 Å². The lowest BCUT2D eigenvalue weighted by molar-refractivity contribution is 0.0532. The number of thiophene rings is 1. The van der Waals surface area contributed by atoms with Crippen LogP contribution >= 0.6 is 11.3 Å². The Morgan fingerprint density at radius 1 is 1.32 bits per heavy atom. The molecule has 0 spiro atoms. The number of hydrogen-bond acceptors (Lipinski definition) is 6. The molecular formula is C17H22N2O4S2. The minimum Gasteiger partial charge on any atom is -0.462 e. The number of fused-ring (bicyclic) bond motifs is 1. The smallest absolute Gasteiger partial charge is 0.348 e. The second-order valence-electron chi connectivity index (χ2n) is 6.33. The van der Waals surface area contributed by atoms with Crippen molar-refractivity contribution in [2.45, 2.75) is 43.0 Å². The second-order valence-corrected chi connectivity index (χ2v) is 9.09. The molecule has 1 aromatic heterocycles. The van der Waals surface area contributed by atoms with Gasteiger partial charge in [-0.25, -0.2) is 17.9 Å². The summed E-state index contributed by atoms with van der Waals surface area (Å²) in [5.74, 6) is -0.390. The van der Waals surface area contributed by atoms with Gasteiger partial charge < -0.3 is 10.5 Å². The number of nitrogens with two attached hydrogens (primary N) is 1. The lowest BCUT2D eigenvalue weighted by Crippen LogP contribution is -2.51. The molecule has 3 N–H and O–H groups in total. The molecule has 1 saturated carbocycles. The summed E-state index contributed by atoms with van der Waals surface area (Å²) in [6, 6.07) is 6.55. The number of carbonyl (C=O) groups is 1. The summed E-state index contributed by atoms with van der Waals surface area (Å²) in [6.45, 7) is 2.34. The van der Waals surface area contributed by atoms with E-state index in [1.54, 1.807) is 31.2 Å². The number of carbonyl (C=O) groups excluding carboxylic acids is 1. The Hall–Kier alpha value is -1.48. The predicted octanol–water partition coefficient (Wildman–Crippen LogP) is 2.63. The summed E-state index contributed by atoms with van der Waals surface area (Å²) in [5, 5.41) is 0.712. The van der Waals surface area contributed by atoms with Crippen molar-refractivity contribution < 1.29 is 17.9 Å². The van der Waals surface area contributed by atoms with E-state index in [0.29, 0.717) is 23.4 Å². The fourth-order valence-corrected chi connectivity index (χ4v) is 5.68. The van der Waals surface area contributed by atoms with Crippen LogP contribution in [0.25, 0.3) is 10.1 Å². The lowest BCUT2D eigenvalue weighted by atomic mass is 10.0. The quantitative estimate of drug-likeness (QED) is 0.748. The maximum atomic E-state index is 12.8. The minimum atomic E-state index is -3.67. The summed E-state index contributed by atoms with van der Waals surface area (Å²) >= 11 is 1.29. The SMILES string of the molecule is CCOC(=O)c1cc2cc(S(=O)(=O)NC3(CN)CCCC3)ccc2s1. The van der Waals surface area contributed by atoms with E-state index in [1.165, 1.54) is 11.3 Å². The van der Waals surface area contributed by atoms with E-state index in [4.69, 9.17) is 10.5 Å². The van der Waals surface area contributed by atoms with Crippen LogP contribution in [-0.2, 0) is 14.8 Å². The van der Waals surface area contributed by atoms with Gasteiger partial charge in [-0.1, -0.05) is 12.8 Å². The summed E-state index contributed by atoms with van der Waals surface area (Å²) in [7, 11) is -3.67. The fraction of sp³-hybridized carbons (Fsp3) is 0.471. The Morgan fingerprint density at radius 2 is 2.04 bits per heavy atom. The van der Waals surface area contributed by atoms with Gasteiger partial charge >= 0.3 is 5.97 Å². The Morgan fingerprint density at radius 3 is 2.68 bits per heavy atom. The van der Waals surface area contributed by atoms with Crippen molar-refractivity contribution in [1.82, 2.24) is 4.72 Å². The first kappa shape index (κ1) is 18.3. The molecule has 3 rings (SSSR count). The zero-order chi connectivity index (χ0) is 18.1. The van der Waals surface area contributed by atoms with Gasteiger partial charge in [0.1, 0.15) is 4.88 Å². The molecule has 0 bridgehead atoms. The van der Waals surface area contributed by atoms with Crippen molar-refractivity contribution in [3.8, 4) is 0 Å². The molecular weight excluding hydrogens is 360 g/mol. The number of ether oxygens (including phenoxy) is 1. The highest BCUT2D eigenvalue weighted by Gasteiger charge is 2.36. The molecule has 136 valence electrons. The monoisotopic (exact) mass is 382 g/mol. The van der Waals surface area contributed by atoms with Gasteiger partial charge in [-0.15, -0.1) is 11.3 Å². The van der Waals surface area contributed by atoms with Gasteiger partial charge in [-0.2, -0.15) is 0 Å². The molecule has 0 aliphatic heterocycles. The number of benzene rings is 1. The van der Waals surface area contributed by atoms with Crippen LogP contribution in [0.5, 0.6) is 0 Å². The van der Waals surface area contributed by atoms with Gasteiger partial charge in [-0.3, -0.25) is 0 Å². The van der Waals surface area contributed by atoms with Crippen molar-refractivity contribution in [3.63, 3.8) is 0 Å². The maximum Gasteiger partial charge on any atom is 0.348 e. The Balaban J connectivity index is 1.91. The van der Waals surface area contributed by atoms with Gasteiger partial charge in [0.25, 0.3) is 0 Å². The van der Waals surface area contributed by atoms with Gasteiger partial charge in [0.05, 0.1) is 11.5 Å². The normalized spacial score (nSPS) is 17.0. The topological polar surface area (TPSA) is 98.5 Å². The van der Waals surface area contributed by atoms with Crippen molar-refractivity contribution in [2.75, 3.05) is 13.2 Å². The number of hydrogen-bond donors (Lipinski definition) is 2. The Labute approximate surface area is 151 Å². The van der Waals surface area contributed by atoms with E-state index < -0.39 is 15.6 Å². The van der Waals surface area contributed by atoms with Crippen molar-refractivity contribution >= 4 is 37.4 Å². The van der Waals surface area contributed by atoms with Crippen molar-refractivity contribution in [2.24, 2.45) is 5.73 Å². The third kappa shape index (κ3) is 3.72. The van der Waals surface area contributed by atoms with Crippen LogP contribution < -0.4 is 10.5 Å². The predicted molar refractivity (Wildman–Crippen MR) is 98.4 cm³/mol. The van der Waals surface area contributed by atoms with Gasteiger partial charge in [0.15, 0.2) is 0 Å². The van der Waals surface area contributed by atoms with Gasteiger partial charge in [-0.05, 0) is 49.4 Å². The average molecular weight is 383 g/mol. The highest BCUT2D eigenvalue weighted by Crippen LogP contribution is 2.32. The highest BCUT2D eigenvalue weighted by molar-refractivity contribution is 7.89. The third-order valence-electron chi connectivity index (χ3n) is 4.58. The molecule has 1 aliphatic carbocycles. The lowest BCUT2D eigenvalue weighted by Gasteiger charge is -2.28. The summed E-state index contributed by atoms with van der Waals surface area (Å²) in [6.07, 6.45) is 3.48. The molecule has 1 aromatic carbocycles. The van der Waals surface area contributed by atoms with Crippen molar-refractivity contribution in [3.05, 3.63) is 29.1 Å². The summed E-state index contributed by atoms with van der Waals surface area (Å²) in [4.78, 5) is 12.5. The van der Waals surface area contributed by atoms with Gasteiger partial charge in [0.2, 0.25) is 10.0 Å². The van der Waals surface area contributed by atoms with Crippen LogP contribution in [0.4, 0.5) is 0 Å². The minimum absolute atomic E-state index is 0.188. The number of rotatable bonds is 6. The second kappa shape index (κ2) is 7.03. The first-order valence-corrected chi connectivity index (χ1v) is 10.6. The Kier molecular flexibility index (Phi) is 5.15. The van der Waals surface area contributed by atoms with Crippen LogP contribution in [0, 0.1) is 0 Å². The number of nitrogens with one attached hydrogen (secondary N) is 1. The van der Waals surface area contributed by atoms with Crippen LogP contribution in [0.2, 0.25) is 0 Å². The molecule has 1 fully saturated rings. The molecule has 8 heteroatoms. The third-order valence-corrected chi connectivity index (χ3v) is 7.25. The van der Waals surface area contributed by atoms with E-state index in [0.717, 1.165) is 30.4 Å². The van der Waals surface area contributed by atoms with Crippen LogP contribution in [-0.4, -0.2) is 33.1 Å². The van der Waals surface area contributed by atoms with Crippen LogP contribution in [0.15, 0.2) is 29.2 Å². The maximum absolute atomic E-state index is 12.8. The van der Waals surface area contributed by atoms with E-state index in [9.17, 15) is 13.2 Å². The standard InChI is InChI=1S/C17H22N2O4S2/c1-2-23-16(20)15-10-12-9-13(5-6-14(12)24-15)25(21,22)19-17(11-18)7-3-4-8-17/h5-6,9-10,19H,2-4,7-8,11,18H2,1H3. The summed E-state index contributed by atoms with van der Waals surface area (Å²) in [5.41, 5.74) is 5.29. The summed E-state index contributed by atoms with van der Waals surface area (Å²) < 4.78 is 34.2. The molecule has 0 saturated heterocycles. The zero-order valence-electron chi connectivity index (χ0n) is 14.1.